The predicted molar refractivity (Wildman–Crippen MR) is 160 cm³/mol. The van der Waals surface area contributed by atoms with Gasteiger partial charge in [-0.2, -0.15) is 0 Å². The lowest BCUT2D eigenvalue weighted by atomic mass is 9.76. The molecule has 0 radical (unpaired) electrons. The van der Waals surface area contributed by atoms with Crippen LogP contribution in [-0.2, 0) is 16.1 Å². The number of anilines is 1. The van der Waals surface area contributed by atoms with E-state index >= 15 is 0 Å². The lowest BCUT2D eigenvalue weighted by Crippen LogP contribution is -2.50. The first-order valence-electron chi connectivity index (χ1n) is 15.7. The van der Waals surface area contributed by atoms with E-state index in [0.717, 1.165) is 37.8 Å². The molecule has 3 aliphatic rings. The van der Waals surface area contributed by atoms with Gasteiger partial charge in [-0.15, -0.1) is 0 Å². The normalized spacial score (nSPS) is 25.5. The van der Waals surface area contributed by atoms with Crippen molar-refractivity contribution in [1.82, 2.24) is 15.2 Å². The number of hydrogen-bond acceptors (Lipinski definition) is 5. The maximum absolute atomic E-state index is 13.9. The van der Waals surface area contributed by atoms with Crippen molar-refractivity contribution in [2.24, 2.45) is 29.4 Å². The first-order valence-corrected chi connectivity index (χ1v) is 15.7. The van der Waals surface area contributed by atoms with E-state index in [0.29, 0.717) is 43.1 Å². The average molecular weight is 578 g/mol. The number of halogens is 1. The monoisotopic (exact) mass is 577 g/mol. The standard InChI is InChI=1S/C33H44FN5O3/c34-20-29(35)23-9-11-25(12-10-23)33(42)39-19-17-28(22-6-2-1-3-7-22)30(39)32(41)38-26-15-13-24(14-16-26)31(40)37-21-27-8-4-5-18-36-27/h4-5,8,13-16,18,22-23,25,28-30H,1-3,6-7,9-12,17,19-21,35H2,(H,37,40)(H,38,41)/t23-,25-,28-,29+,30-/m0/s1. The summed E-state index contributed by atoms with van der Waals surface area (Å²) in [6.45, 7) is 0.394. The fourth-order valence-electron chi connectivity index (χ4n) is 7.31. The van der Waals surface area contributed by atoms with E-state index in [1.54, 1.807) is 30.5 Å². The Morgan fingerprint density at radius 3 is 2.36 bits per heavy atom. The van der Waals surface area contributed by atoms with Gasteiger partial charge in [-0.05, 0) is 86.3 Å². The van der Waals surface area contributed by atoms with Crippen LogP contribution in [-0.4, -0.2) is 52.9 Å². The number of nitrogens with zero attached hydrogens (tertiary/aromatic N) is 2. The predicted octanol–water partition coefficient (Wildman–Crippen LogP) is 4.85. The van der Waals surface area contributed by atoms with E-state index in [1.165, 1.54) is 19.3 Å². The average Bonchev–Trinajstić information content (AvgIpc) is 3.50. The van der Waals surface area contributed by atoms with Gasteiger partial charge in [0.15, 0.2) is 0 Å². The molecule has 1 aliphatic heterocycles. The van der Waals surface area contributed by atoms with Crippen LogP contribution in [0.15, 0.2) is 48.7 Å². The fourth-order valence-corrected chi connectivity index (χ4v) is 7.31. The Morgan fingerprint density at radius 1 is 0.952 bits per heavy atom. The van der Waals surface area contributed by atoms with Crippen LogP contribution < -0.4 is 16.4 Å². The van der Waals surface area contributed by atoms with Gasteiger partial charge in [0.05, 0.1) is 12.2 Å². The molecule has 0 unspecified atom stereocenters. The van der Waals surface area contributed by atoms with Gasteiger partial charge in [-0.3, -0.25) is 19.4 Å². The number of alkyl halides is 1. The Kier molecular flexibility index (Phi) is 10.2. The van der Waals surface area contributed by atoms with Crippen molar-refractivity contribution >= 4 is 23.4 Å². The largest absolute Gasteiger partial charge is 0.346 e. The van der Waals surface area contributed by atoms with Gasteiger partial charge in [0.1, 0.15) is 12.7 Å². The summed E-state index contributed by atoms with van der Waals surface area (Å²) in [6.07, 6.45) is 11.2. The first kappa shape index (κ1) is 30.1. The molecule has 8 nitrogen and oxygen atoms in total. The zero-order chi connectivity index (χ0) is 29.5. The number of amides is 3. The molecule has 42 heavy (non-hydrogen) atoms. The quantitative estimate of drug-likeness (QED) is 0.394. The summed E-state index contributed by atoms with van der Waals surface area (Å²) >= 11 is 0. The van der Waals surface area contributed by atoms with Crippen LogP contribution in [0.1, 0.15) is 80.3 Å². The number of likely N-dealkylation sites (tertiary alicyclic amines) is 1. The third-order valence-electron chi connectivity index (χ3n) is 9.73. The highest BCUT2D eigenvalue weighted by atomic mass is 19.1. The second-order valence-corrected chi connectivity index (χ2v) is 12.3. The van der Waals surface area contributed by atoms with E-state index in [2.05, 4.69) is 15.6 Å². The summed E-state index contributed by atoms with van der Waals surface area (Å²) in [4.78, 5) is 46.4. The molecule has 3 fully saturated rings. The fraction of sp³-hybridized carbons (Fsp3) is 0.576. The molecule has 5 rings (SSSR count). The highest BCUT2D eigenvalue weighted by Gasteiger charge is 2.47. The minimum absolute atomic E-state index is 0.0562. The van der Waals surface area contributed by atoms with E-state index in [9.17, 15) is 18.8 Å². The number of aromatic nitrogens is 1. The third-order valence-corrected chi connectivity index (χ3v) is 9.73. The smallest absolute Gasteiger partial charge is 0.251 e. The van der Waals surface area contributed by atoms with Gasteiger partial charge < -0.3 is 21.3 Å². The molecular weight excluding hydrogens is 533 g/mol. The van der Waals surface area contributed by atoms with Gasteiger partial charge in [-0.1, -0.05) is 38.2 Å². The zero-order valence-corrected chi connectivity index (χ0v) is 24.3. The van der Waals surface area contributed by atoms with E-state index in [4.69, 9.17) is 5.73 Å². The van der Waals surface area contributed by atoms with Crippen LogP contribution in [0.3, 0.4) is 0 Å². The number of carbonyl (C=O) groups excluding carboxylic acids is 3. The van der Waals surface area contributed by atoms with Crippen molar-refractivity contribution in [3.05, 3.63) is 59.9 Å². The molecule has 4 N–H and O–H groups in total. The van der Waals surface area contributed by atoms with Gasteiger partial charge in [-0.25, -0.2) is 4.39 Å². The number of nitrogens with two attached hydrogens (primary N) is 1. The zero-order valence-electron chi connectivity index (χ0n) is 24.3. The van der Waals surface area contributed by atoms with Crippen molar-refractivity contribution in [2.75, 3.05) is 18.5 Å². The van der Waals surface area contributed by atoms with Crippen molar-refractivity contribution in [3.63, 3.8) is 0 Å². The molecule has 2 aromatic rings. The molecule has 3 amide bonds. The molecule has 0 spiro atoms. The maximum Gasteiger partial charge on any atom is 0.251 e. The summed E-state index contributed by atoms with van der Waals surface area (Å²) in [6, 6.07) is 11.4. The Balaban J connectivity index is 1.24. The van der Waals surface area contributed by atoms with Crippen molar-refractivity contribution < 1.29 is 18.8 Å². The minimum Gasteiger partial charge on any atom is -0.346 e. The molecule has 1 aromatic heterocycles. The molecular formula is C33H44FN5O3. The van der Waals surface area contributed by atoms with E-state index in [1.807, 2.05) is 23.1 Å². The number of hydrogen-bond donors (Lipinski definition) is 3. The molecule has 1 aromatic carbocycles. The summed E-state index contributed by atoms with van der Waals surface area (Å²) in [5, 5.41) is 5.93. The van der Waals surface area contributed by atoms with Crippen molar-refractivity contribution in [3.8, 4) is 0 Å². The third kappa shape index (κ3) is 7.17. The lowest BCUT2D eigenvalue weighted by Gasteiger charge is -2.36. The SMILES string of the molecule is N[C@H](CF)[C@H]1CC[C@H](C(=O)N2CC[C@@H](C3CCCCC3)[C@H]2C(=O)Nc2ccc(C(=O)NCc3ccccn3)cc2)CC1. The number of rotatable bonds is 9. The van der Waals surface area contributed by atoms with Crippen molar-refractivity contribution in [1.29, 1.82) is 0 Å². The molecule has 2 heterocycles. The number of benzene rings is 1. The van der Waals surface area contributed by atoms with Crippen LogP contribution in [0.25, 0.3) is 0 Å². The number of carbonyl (C=O) groups is 3. The van der Waals surface area contributed by atoms with Gasteiger partial charge >= 0.3 is 0 Å². The molecule has 0 bridgehead atoms. The van der Waals surface area contributed by atoms with Gasteiger partial charge in [0, 0.05) is 36.0 Å². The molecule has 2 saturated carbocycles. The topological polar surface area (TPSA) is 117 Å². The molecule has 1 saturated heterocycles. The molecule has 3 atom stereocenters. The highest BCUT2D eigenvalue weighted by Crippen LogP contribution is 2.41. The van der Waals surface area contributed by atoms with Crippen molar-refractivity contribution in [2.45, 2.75) is 82.8 Å². The lowest BCUT2D eigenvalue weighted by molar-refractivity contribution is -0.142. The molecule has 2 aliphatic carbocycles. The van der Waals surface area contributed by atoms with E-state index in [-0.39, 0.29) is 35.5 Å². The Bertz CT molecular complexity index is 1200. The first-order chi connectivity index (χ1) is 20.4. The van der Waals surface area contributed by atoms with Crippen LogP contribution >= 0.6 is 0 Å². The second-order valence-electron chi connectivity index (χ2n) is 12.3. The molecule has 9 heteroatoms. The number of nitrogens with one attached hydrogen (secondary N) is 2. The minimum atomic E-state index is -0.530. The number of pyridine rings is 1. The van der Waals surface area contributed by atoms with Crippen LogP contribution in [0, 0.1) is 23.7 Å². The Labute approximate surface area is 248 Å². The van der Waals surface area contributed by atoms with Crippen LogP contribution in [0.2, 0.25) is 0 Å². The van der Waals surface area contributed by atoms with E-state index < -0.39 is 18.8 Å². The maximum atomic E-state index is 13.9. The van der Waals surface area contributed by atoms with Gasteiger partial charge in [0.2, 0.25) is 11.8 Å². The summed E-state index contributed by atoms with van der Waals surface area (Å²) in [5.74, 6) is 0.241. The summed E-state index contributed by atoms with van der Waals surface area (Å²) in [7, 11) is 0. The Morgan fingerprint density at radius 2 is 1.69 bits per heavy atom. The Hall–Kier alpha value is -3.33. The van der Waals surface area contributed by atoms with Gasteiger partial charge in [0.25, 0.3) is 5.91 Å². The van der Waals surface area contributed by atoms with Crippen LogP contribution in [0.5, 0.6) is 0 Å². The van der Waals surface area contributed by atoms with Crippen LogP contribution in [0.4, 0.5) is 10.1 Å². The summed E-state index contributed by atoms with van der Waals surface area (Å²) in [5.41, 5.74) is 7.81. The second kappa shape index (κ2) is 14.2. The summed E-state index contributed by atoms with van der Waals surface area (Å²) < 4.78 is 13.1. The highest BCUT2D eigenvalue weighted by molar-refractivity contribution is 5.99. The molecule has 226 valence electrons.